The Balaban J connectivity index is 1.02. The minimum atomic E-state index is -0.216. The fourth-order valence-corrected chi connectivity index (χ4v) is 13.4. The SMILES string of the molecule is C[C@]12CC[C@@H](O)CC1=CC[C@H]1[C@H]2CC[C@]2(C)/C(=N\N=C3\CC[C@@H]4[C@@H]5CCC6=C[C@@H](O)CC[C@]6(C)[C@H]5CC[C@]34C)CC[C@@H]12. The highest BCUT2D eigenvalue weighted by molar-refractivity contribution is 5.95. The predicted octanol–water partition coefficient (Wildman–Crippen LogP) is 8.43. The Morgan fingerprint density at radius 2 is 1.14 bits per heavy atom. The topological polar surface area (TPSA) is 65.2 Å². The molecule has 4 nitrogen and oxygen atoms in total. The van der Waals surface area contributed by atoms with E-state index >= 15 is 0 Å². The number of allylic oxidation sites excluding steroid dienone is 2. The number of hydrogen-bond donors (Lipinski definition) is 2. The Hall–Kier alpha value is -1.26. The van der Waals surface area contributed by atoms with Crippen LogP contribution < -0.4 is 0 Å². The predicted molar refractivity (Wildman–Crippen MR) is 170 cm³/mol. The smallest absolute Gasteiger partial charge is 0.0724 e. The van der Waals surface area contributed by atoms with Crippen molar-refractivity contribution in [1.29, 1.82) is 0 Å². The first-order valence-electron chi connectivity index (χ1n) is 18.0. The summed E-state index contributed by atoms with van der Waals surface area (Å²) in [7, 11) is 0. The van der Waals surface area contributed by atoms with Crippen molar-refractivity contribution in [3.63, 3.8) is 0 Å². The lowest BCUT2D eigenvalue weighted by Crippen LogP contribution is -2.50. The molecule has 0 bridgehead atoms. The van der Waals surface area contributed by atoms with Gasteiger partial charge in [0.25, 0.3) is 0 Å². The molecule has 12 atom stereocenters. The van der Waals surface area contributed by atoms with E-state index in [1.807, 2.05) is 0 Å². The van der Waals surface area contributed by atoms with Crippen LogP contribution in [0.3, 0.4) is 0 Å². The van der Waals surface area contributed by atoms with Gasteiger partial charge in [0, 0.05) is 22.3 Å². The number of fused-ring (bicyclic) bond motifs is 10. The van der Waals surface area contributed by atoms with Crippen molar-refractivity contribution in [2.45, 2.75) is 143 Å². The number of aliphatic hydroxyl groups excluding tert-OH is 2. The first kappa shape index (κ1) is 28.2. The van der Waals surface area contributed by atoms with Crippen LogP contribution in [0.5, 0.6) is 0 Å². The largest absolute Gasteiger partial charge is 0.393 e. The maximum atomic E-state index is 10.4. The number of nitrogens with zero attached hydrogens (tertiary/aromatic N) is 2. The lowest BCUT2D eigenvalue weighted by Gasteiger charge is -2.57. The fourth-order valence-electron chi connectivity index (χ4n) is 13.4. The molecule has 0 aromatic rings. The van der Waals surface area contributed by atoms with Gasteiger partial charge >= 0.3 is 0 Å². The summed E-state index contributed by atoms with van der Waals surface area (Å²) in [6, 6.07) is 0. The highest BCUT2D eigenvalue weighted by Crippen LogP contribution is 2.66. The van der Waals surface area contributed by atoms with Gasteiger partial charge in [-0.1, -0.05) is 51.0 Å². The molecule has 0 aromatic heterocycles. The van der Waals surface area contributed by atoms with Crippen molar-refractivity contribution in [2.75, 3.05) is 0 Å². The third kappa shape index (κ3) is 3.85. The minimum absolute atomic E-state index is 0.122. The Labute approximate surface area is 254 Å². The molecule has 0 spiro atoms. The van der Waals surface area contributed by atoms with E-state index in [0.717, 1.165) is 67.6 Å². The molecule has 6 fully saturated rings. The summed E-state index contributed by atoms with van der Waals surface area (Å²) < 4.78 is 0. The average Bonchev–Trinajstić information content (AvgIpc) is 3.48. The van der Waals surface area contributed by atoms with Gasteiger partial charge in [-0.25, -0.2) is 0 Å². The molecule has 0 aliphatic heterocycles. The number of rotatable bonds is 1. The third-order valence-corrected chi connectivity index (χ3v) is 15.9. The Bertz CT molecular complexity index is 1260. The Morgan fingerprint density at radius 1 is 0.595 bits per heavy atom. The molecule has 230 valence electrons. The summed E-state index contributed by atoms with van der Waals surface area (Å²) >= 11 is 0. The van der Waals surface area contributed by atoms with Crippen LogP contribution in [0.25, 0.3) is 0 Å². The molecule has 0 amide bonds. The molecular formula is C38H56N2O2. The van der Waals surface area contributed by atoms with Gasteiger partial charge in [-0.15, -0.1) is 0 Å². The van der Waals surface area contributed by atoms with E-state index in [1.165, 1.54) is 82.1 Å². The molecule has 0 saturated heterocycles. The van der Waals surface area contributed by atoms with Gasteiger partial charge in [-0.05, 0) is 149 Å². The van der Waals surface area contributed by atoms with Gasteiger partial charge in [0.2, 0.25) is 0 Å². The zero-order valence-corrected chi connectivity index (χ0v) is 26.9. The standard InChI is InChI=1S/C38H56N2O2/c1-35-17-13-25(41)21-23(35)5-7-27-29-9-11-33(37(29,3)19-15-31(27)35)39-40-34-12-10-30-28-8-6-24-22-26(42)14-18-36(24,2)32(28)16-20-38(30,34)4/h5,22,25-32,41-42H,6-21H2,1-4H3/b39-33-,40-34-/t25-,26+,27-,28+,29+,30-,31-,32+,35+,36+,37+,38+/m1/s1. The van der Waals surface area contributed by atoms with E-state index in [4.69, 9.17) is 10.2 Å². The van der Waals surface area contributed by atoms with Gasteiger partial charge in [0.05, 0.1) is 12.2 Å². The van der Waals surface area contributed by atoms with Crippen LogP contribution in [0.2, 0.25) is 0 Å². The molecule has 8 aliphatic carbocycles. The van der Waals surface area contributed by atoms with Crippen LogP contribution in [0.15, 0.2) is 33.5 Å². The molecule has 42 heavy (non-hydrogen) atoms. The zero-order chi connectivity index (χ0) is 29.1. The second kappa shape index (κ2) is 9.62. The molecule has 4 heteroatoms. The van der Waals surface area contributed by atoms with Crippen molar-refractivity contribution in [3.05, 3.63) is 23.3 Å². The molecule has 0 radical (unpaired) electrons. The second-order valence-electron chi connectivity index (χ2n) is 17.4. The Kier molecular flexibility index (Phi) is 6.47. The average molecular weight is 573 g/mol. The summed E-state index contributed by atoms with van der Waals surface area (Å²) in [6.07, 6.45) is 23.3. The van der Waals surface area contributed by atoms with E-state index in [0.29, 0.717) is 10.8 Å². The quantitative estimate of drug-likeness (QED) is 0.245. The molecular weight excluding hydrogens is 516 g/mol. The highest BCUT2D eigenvalue weighted by Gasteiger charge is 2.60. The van der Waals surface area contributed by atoms with E-state index in [1.54, 1.807) is 11.1 Å². The Morgan fingerprint density at radius 3 is 1.83 bits per heavy atom. The van der Waals surface area contributed by atoms with Crippen LogP contribution in [-0.2, 0) is 0 Å². The van der Waals surface area contributed by atoms with Crippen LogP contribution in [0, 0.1) is 57.2 Å². The first-order valence-corrected chi connectivity index (χ1v) is 18.0. The molecule has 0 heterocycles. The van der Waals surface area contributed by atoms with Gasteiger partial charge in [-0.2, -0.15) is 10.2 Å². The van der Waals surface area contributed by atoms with Crippen LogP contribution in [0.4, 0.5) is 0 Å². The van der Waals surface area contributed by atoms with E-state index < -0.39 is 0 Å². The fraction of sp³-hybridized carbons (Fsp3) is 0.842. The maximum absolute atomic E-state index is 10.4. The van der Waals surface area contributed by atoms with Crippen molar-refractivity contribution in [3.8, 4) is 0 Å². The monoisotopic (exact) mass is 572 g/mol. The summed E-state index contributed by atoms with van der Waals surface area (Å²) in [5.41, 5.74) is 7.02. The van der Waals surface area contributed by atoms with Crippen LogP contribution >= 0.6 is 0 Å². The van der Waals surface area contributed by atoms with Gasteiger partial charge in [0.1, 0.15) is 0 Å². The zero-order valence-electron chi connectivity index (χ0n) is 26.9. The molecule has 2 N–H and O–H groups in total. The van der Waals surface area contributed by atoms with Crippen LogP contribution in [-0.4, -0.2) is 33.8 Å². The van der Waals surface area contributed by atoms with Gasteiger partial charge < -0.3 is 10.2 Å². The van der Waals surface area contributed by atoms with Crippen molar-refractivity contribution in [2.24, 2.45) is 67.4 Å². The normalized spacial score (nSPS) is 55.1. The third-order valence-electron chi connectivity index (χ3n) is 15.9. The van der Waals surface area contributed by atoms with Crippen LogP contribution in [0.1, 0.15) is 130 Å². The molecule has 8 aliphatic rings. The molecule has 6 saturated carbocycles. The number of aliphatic hydroxyl groups is 2. The minimum Gasteiger partial charge on any atom is -0.393 e. The molecule has 8 rings (SSSR count). The summed E-state index contributed by atoms with van der Waals surface area (Å²) in [5, 5.41) is 31.2. The summed E-state index contributed by atoms with van der Waals surface area (Å²) in [4.78, 5) is 0. The first-order chi connectivity index (χ1) is 20.1. The van der Waals surface area contributed by atoms with Gasteiger partial charge in [-0.3, -0.25) is 0 Å². The van der Waals surface area contributed by atoms with Crippen molar-refractivity contribution >= 4 is 11.4 Å². The molecule has 0 aromatic carbocycles. The van der Waals surface area contributed by atoms with Gasteiger partial charge in [0.15, 0.2) is 0 Å². The van der Waals surface area contributed by atoms with Crippen molar-refractivity contribution in [1.82, 2.24) is 0 Å². The van der Waals surface area contributed by atoms with E-state index in [2.05, 4.69) is 39.8 Å². The lowest BCUT2D eigenvalue weighted by atomic mass is 9.47. The summed E-state index contributed by atoms with van der Waals surface area (Å²) in [5.74, 6) is 4.61. The number of hydrogen-bond acceptors (Lipinski definition) is 4. The highest BCUT2D eigenvalue weighted by atomic mass is 16.3. The van der Waals surface area contributed by atoms with E-state index in [9.17, 15) is 10.2 Å². The second-order valence-corrected chi connectivity index (χ2v) is 17.4. The maximum Gasteiger partial charge on any atom is 0.0724 e. The van der Waals surface area contributed by atoms with E-state index in [-0.39, 0.29) is 23.0 Å². The lowest BCUT2D eigenvalue weighted by molar-refractivity contribution is -0.0250. The molecule has 0 unspecified atom stereocenters. The summed E-state index contributed by atoms with van der Waals surface area (Å²) in [6.45, 7) is 10.2. The van der Waals surface area contributed by atoms with Crippen molar-refractivity contribution < 1.29 is 10.2 Å².